The summed E-state index contributed by atoms with van der Waals surface area (Å²) >= 11 is 1.08. The van der Waals surface area contributed by atoms with Crippen molar-refractivity contribution in [3.63, 3.8) is 0 Å². The topological polar surface area (TPSA) is 64.0 Å². The molecular weight excluding hydrogens is 408 g/mol. The molecule has 0 radical (unpaired) electrons. The highest BCUT2D eigenvalue weighted by Crippen LogP contribution is 2.27. The van der Waals surface area contributed by atoms with E-state index in [2.05, 4.69) is 10.3 Å². The van der Waals surface area contributed by atoms with Crippen LogP contribution in [0, 0.1) is 11.6 Å². The second kappa shape index (κ2) is 8.55. The monoisotopic (exact) mass is 429 g/mol. The summed E-state index contributed by atoms with van der Waals surface area (Å²) in [5.41, 5.74) is -0.130. The number of nitrogens with one attached hydrogen (secondary N) is 1. The Balaban J connectivity index is 1.75. The number of para-hydroxylation sites is 1. The van der Waals surface area contributed by atoms with Crippen molar-refractivity contribution in [2.24, 2.45) is 0 Å². The molecule has 1 aliphatic carbocycles. The van der Waals surface area contributed by atoms with E-state index < -0.39 is 22.4 Å². The molecule has 3 aromatic rings. The first-order valence-electron chi connectivity index (χ1n) is 9.88. The van der Waals surface area contributed by atoms with Crippen molar-refractivity contribution in [3.05, 3.63) is 64.5 Å². The van der Waals surface area contributed by atoms with Gasteiger partial charge < -0.3 is 5.32 Å². The molecule has 1 fully saturated rings. The van der Waals surface area contributed by atoms with Crippen LogP contribution in [-0.4, -0.2) is 26.8 Å². The van der Waals surface area contributed by atoms with Crippen molar-refractivity contribution in [2.45, 2.75) is 49.1 Å². The zero-order valence-corrected chi connectivity index (χ0v) is 17.2. The Kier molecular flexibility index (Phi) is 5.85. The van der Waals surface area contributed by atoms with Crippen molar-refractivity contribution in [2.75, 3.05) is 0 Å². The maximum atomic E-state index is 14.5. The van der Waals surface area contributed by atoms with Crippen LogP contribution in [0.5, 0.6) is 0 Å². The molecule has 30 heavy (non-hydrogen) atoms. The molecule has 1 aromatic heterocycles. The molecule has 1 unspecified atom stereocenters. The van der Waals surface area contributed by atoms with Crippen LogP contribution in [0.2, 0.25) is 0 Å². The molecule has 0 saturated heterocycles. The van der Waals surface area contributed by atoms with E-state index in [-0.39, 0.29) is 22.8 Å². The first-order valence-corrected chi connectivity index (χ1v) is 10.8. The lowest BCUT2D eigenvalue weighted by molar-refractivity contribution is -0.120. The third kappa shape index (κ3) is 4.09. The highest BCUT2D eigenvalue weighted by Gasteiger charge is 2.24. The smallest absolute Gasteiger partial charge is 0.266 e. The maximum absolute atomic E-state index is 14.5. The average Bonchev–Trinajstić information content (AvgIpc) is 3.22. The number of fused-ring (bicyclic) bond motifs is 1. The molecule has 2 aromatic carbocycles. The predicted molar refractivity (Wildman–Crippen MR) is 113 cm³/mol. The molecule has 8 heteroatoms. The molecule has 4 rings (SSSR count). The lowest BCUT2D eigenvalue weighted by Gasteiger charge is -2.18. The minimum Gasteiger partial charge on any atom is -0.352 e. The fourth-order valence-electron chi connectivity index (χ4n) is 3.67. The number of aromatic nitrogens is 2. The normalized spacial score (nSPS) is 15.4. The van der Waals surface area contributed by atoms with Crippen LogP contribution in [0.15, 0.2) is 52.4 Å². The number of amides is 1. The summed E-state index contributed by atoms with van der Waals surface area (Å²) in [5.74, 6) is -1.77. The van der Waals surface area contributed by atoms with Gasteiger partial charge in [0.15, 0.2) is 5.16 Å². The SMILES string of the molecule is CC(Sc1nc2ccccc2c(=O)n1-c1ccc(F)cc1F)C(=O)NC1CCCC1. The van der Waals surface area contributed by atoms with Crippen molar-refractivity contribution in [1.82, 2.24) is 14.9 Å². The van der Waals surface area contributed by atoms with Crippen molar-refractivity contribution in [1.29, 1.82) is 0 Å². The van der Waals surface area contributed by atoms with Gasteiger partial charge in [0.2, 0.25) is 5.91 Å². The molecule has 156 valence electrons. The molecule has 0 bridgehead atoms. The Morgan fingerprint density at radius 3 is 2.67 bits per heavy atom. The van der Waals surface area contributed by atoms with Crippen molar-refractivity contribution < 1.29 is 13.6 Å². The van der Waals surface area contributed by atoms with Crippen LogP contribution in [0.25, 0.3) is 16.6 Å². The number of carbonyl (C=O) groups is 1. The Bertz CT molecular complexity index is 1160. The third-order valence-corrected chi connectivity index (χ3v) is 6.30. The lowest BCUT2D eigenvalue weighted by atomic mass is 10.2. The van der Waals surface area contributed by atoms with Gasteiger partial charge in [-0.25, -0.2) is 13.8 Å². The summed E-state index contributed by atoms with van der Waals surface area (Å²) in [6.07, 6.45) is 4.12. The minimum absolute atomic E-state index is 0.106. The number of carbonyl (C=O) groups excluding carboxylic acids is 1. The molecule has 1 saturated carbocycles. The first-order chi connectivity index (χ1) is 14.4. The summed E-state index contributed by atoms with van der Waals surface area (Å²) < 4.78 is 29.1. The molecule has 0 aliphatic heterocycles. The van der Waals surface area contributed by atoms with Gasteiger partial charge in [0.05, 0.1) is 21.8 Å². The molecule has 1 heterocycles. The molecule has 1 amide bonds. The van der Waals surface area contributed by atoms with Gasteiger partial charge in [-0.05, 0) is 44.0 Å². The van der Waals surface area contributed by atoms with Crippen LogP contribution in [-0.2, 0) is 4.79 Å². The predicted octanol–water partition coefficient (Wildman–Crippen LogP) is 4.20. The molecule has 1 N–H and O–H groups in total. The van der Waals surface area contributed by atoms with E-state index >= 15 is 0 Å². The quantitative estimate of drug-likeness (QED) is 0.488. The minimum atomic E-state index is -0.876. The Hall–Kier alpha value is -2.74. The van der Waals surface area contributed by atoms with Crippen molar-refractivity contribution >= 4 is 28.6 Å². The first kappa shape index (κ1) is 20.5. The highest BCUT2D eigenvalue weighted by molar-refractivity contribution is 8.00. The van der Waals surface area contributed by atoms with E-state index in [0.717, 1.165) is 54.1 Å². The highest BCUT2D eigenvalue weighted by atomic mass is 32.2. The zero-order chi connectivity index (χ0) is 21.3. The fourth-order valence-corrected chi connectivity index (χ4v) is 4.60. The van der Waals surface area contributed by atoms with E-state index in [1.807, 2.05) is 0 Å². The second-order valence-corrected chi connectivity index (χ2v) is 8.71. The molecular formula is C22H21F2N3O2S. The molecule has 0 spiro atoms. The van der Waals surface area contributed by atoms with Crippen LogP contribution in [0.1, 0.15) is 32.6 Å². The maximum Gasteiger partial charge on any atom is 0.266 e. The number of rotatable bonds is 5. The van der Waals surface area contributed by atoms with Gasteiger partial charge >= 0.3 is 0 Å². The lowest BCUT2D eigenvalue weighted by Crippen LogP contribution is -2.38. The van der Waals surface area contributed by atoms with Crippen LogP contribution in [0.4, 0.5) is 8.78 Å². The number of hydrogen-bond acceptors (Lipinski definition) is 4. The molecule has 1 aliphatic rings. The van der Waals surface area contributed by atoms with E-state index in [0.29, 0.717) is 10.9 Å². The fraction of sp³-hybridized carbons (Fsp3) is 0.318. The standard InChI is InChI=1S/C22H21F2N3O2S/c1-13(20(28)25-15-6-2-3-7-15)30-22-26-18-9-5-4-8-16(18)21(29)27(22)19-11-10-14(23)12-17(19)24/h4-5,8-13,15H,2-3,6-7H2,1H3,(H,25,28). The summed E-state index contributed by atoms with van der Waals surface area (Å²) in [5, 5.41) is 2.97. The summed E-state index contributed by atoms with van der Waals surface area (Å²) in [6, 6.07) is 9.93. The van der Waals surface area contributed by atoms with E-state index in [1.165, 1.54) is 6.07 Å². The van der Waals surface area contributed by atoms with Gasteiger partial charge in [0, 0.05) is 12.1 Å². The largest absolute Gasteiger partial charge is 0.352 e. The zero-order valence-electron chi connectivity index (χ0n) is 16.4. The van der Waals surface area contributed by atoms with Gasteiger partial charge in [-0.3, -0.25) is 14.2 Å². The van der Waals surface area contributed by atoms with Crippen LogP contribution >= 0.6 is 11.8 Å². The number of hydrogen-bond donors (Lipinski definition) is 1. The van der Waals surface area contributed by atoms with Gasteiger partial charge in [-0.2, -0.15) is 0 Å². The molecule has 5 nitrogen and oxygen atoms in total. The van der Waals surface area contributed by atoms with E-state index in [1.54, 1.807) is 31.2 Å². The van der Waals surface area contributed by atoms with Crippen molar-refractivity contribution in [3.8, 4) is 5.69 Å². The number of thioether (sulfide) groups is 1. The van der Waals surface area contributed by atoms with Crippen LogP contribution < -0.4 is 10.9 Å². The summed E-state index contributed by atoms with van der Waals surface area (Å²) in [6.45, 7) is 1.72. The van der Waals surface area contributed by atoms with Gasteiger partial charge in [0.1, 0.15) is 11.6 Å². The van der Waals surface area contributed by atoms with Gasteiger partial charge in [0.25, 0.3) is 5.56 Å². The number of benzene rings is 2. The van der Waals surface area contributed by atoms with Gasteiger partial charge in [-0.15, -0.1) is 0 Å². The van der Waals surface area contributed by atoms with Crippen LogP contribution in [0.3, 0.4) is 0 Å². The number of halogens is 2. The third-order valence-electron chi connectivity index (χ3n) is 5.25. The Morgan fingerprint density at radius 1 is 1.20 bits per heavy atom. The Morgan fingerprint density at radius 2 is 1.93 bits per heavy atom. The van der Waals surface area contributed by atoms with Gasteiger partial charge in [-0.1, -0.05) is 36.7 Å². The average molecular weight is 429 g/mol. The number of nitrogens with zero attached hydrogens (tertiary/aromatic N) is 2. The summed E-state index contributed by atoms with van der Waals surface area (Å²) in [4.78, 5) is 30.3. The summed E-state index contributed by atoms with van der Waals surface area (Å²) in [7, 11) is 0. The Labute approximate surface area is 176 Å². The molecule has 1 atom stereocenters. The van der Waals surface area contributed by atoms with E-state index in [9.17, 15) is 18.4 Å². The second-order valence-electron chi connectivity index (χ2n) is 7.40. The van der Waals surface area contributed by atoms with E-state index in [4.69, 9.17) is 0 Å².